The minimum absolute atomic E-state index is 0.0877. The average molecular weight is 214 g/mol. The third-order valence-corrected chi connectivity index (χ3v) is 3.17. The number of ether oxygens (including phenoxy) is 1. The Morgan fingerprint density at radius 2 is 2.07 bits per heavy atom. The zero-order valence-corrected chi connectivity index (χ0v) is 10.0. The zero-order valence-electron chi connectivity index (χ0n) is 10.0. The van der Waals surface area contributed by atoms with Gasteiger partial charge in [-0.3, -0.25) is 0 Å². The Hall–Kier alpha value is -0.570. The summed E-state index contributed by atoms with van der Waals surface area (Å²) < 4.78 is 5.62. The molecule has 0 amide bonds. The molecule has 1 aliphatic carbocycles. The Morgan fingerprint density at radius 1 is 1.40 bits per heavy atom. The topological polar surface area (TPSA) is 46.5 Å². The lowest BCUT2D eigenvalue weighted by molar-refractivity contribution is -0.176. The van der Waals surface area contributed by atoms with Crippen molar-refractivity contribution in [3.63, 3.8) is 0 Å². The van der Waals surface area contributed by atoms with E-state index in [1.165, 1.54) is 0 Å². The van der Waals surface area contributed by atoms with Crippen molar-refractivity contribution < 1.29 is 14.6 Å². The van der Waals surface area contributed by atoms with E-state index in [2.05, 4.69) is 13.8 Å². The predicted molar refractivity (Wildman–Crippen MR) is 58.9 cm³/mol. The van der Waals surface area contributed by atoms with Crippen LogP contribution in [0.5, 0.6) is 0 Å². The number of hydrogen-bond donors (Lipinski definition) is 1. The Labute approximate surface area is 91.8 Å². The second-order valence-electron chi connectivity index (χ2n) is 5.34. The number of hydrogen-bond acceptors (Lipinski definition) is 2. The maximum Gasteiger partial charge on any atom is 0.335 e. The van der Waals surface area contributed by atoms with E-state index in [0.717, 1.165) is 19.3 Å². The number of rotatable bonds is 4. The summed E-state index contributed by atoms with van der Waals surface area (Å²) in [5, 5.41) is 9.32. The largest absolute Gasteiger partial charge is 0.479 e. The van der Waals surface area contributed by atoms with Crippen LogP contribution in [0.25, 0.3) is 0 Å². The summed E-state index contributed by atoms with van der Waals surface area (Å²) in [6.45, 7) is 6.80. The van der Waals surface area contributed by atoms with E-state index in [-0.39, 0.29) is 5.41 Å². The average Bonchev–Trinajstić information content (AvgIpc) is 2.13. The molecule has 0 radical (unpaired) electrons. The third-order valence-electron chi connectivity index (χ3n) is 3.17. The molecule has 1 aliphatic rings. The van der Waals surface area contributed by atoms with Gasteiger partial charge in [-0.15, -0.1) is 0 Å². The maximum absolute atomic E-state index is 11.3. The molecule has 15 heavy (non-hydrogen) atoms. The van der Waals surface area contributed by atoms with E-state index in [1.54, 1.807) is 0 Å². The van der Waals surface area contributed by atoms with Crippen molar-refractivity contribution in [2.75, 3.05) is 6.61 Å². The molecule has 0 aromatic carbocycles. The first-order valence-electron chi connectivity index (χ1n) is 5.79. The Balaban J connectivity index is 2.76. The minimum atomic E-state index is -0.919. The van der Waals surface area contributed by atoms with Gasteiger partial charge < -0.3 is 9.84 Å². The fourth-order valence-electron chi connectivity index (χ4n) is 2.47. The van der Waals surface area contributed by atoms with Crippen LogP contribution in [-0.2, 0) is 9.53 Å². The van der Waals surface area contributed by atoms with Crippen LogP contribution < -0.4 is 0 Å². The van der Waals surface area contributed by atoms with Crippen molar-refractivity contribution in [2.45, 2.75) is 58.5 Å². The molecule has 1 atom stereocenters. The molecule has 1 saturated carbocycles. The van der Waals surface area contributed by atoms with Crippen LogP contribution >= 0.6 is 0 Å². The molecule has 88 valence electrons. The standard InChI is InChI=1S/C12H22O3/c1-4-8-15-12(10(13)14)7-5-6-11(2,3)9-12/h4-9H2,1-3H3,(H,13,14). The quantitative estimate of drug-likeness (QED) is 0.782. The molecule has 0 heterocycles. The molecule has 1 N–H and O–H groups in total. The number of carbonyl (C=O) groups is 1. The second-order valence-corrected chi connectivity index (χ2v) is 5.34. The fraction of sp³-hybridized carbons (Fsp3) is 0.917. The molecule has 3 nitrogen and oxygen atoms in total. The summed E-state index contributed by atoms with van der Waals surface area (Å²) in [4.78, 5) is 11.3. The first-order valence-corrected chi connectivity index (χ1v) is 5.79. The smallest absolute Gasteiger partial charge is 0.335 e. The SMILES string of the molecule is CCCOC1(C(=O)O)CCCC(C)(C)C1. The molecule has 0 spiro atoms. The summed E-state index contributed by atoms with van der Waals surface area (Å²) >= 11 is 0. The lowest BCUT2D eigenvalue weighted by atomic mass is 9.69. The van der Waals surface area contributed by atoms with E-state index < -0.39 is 11.6 Å². The van der Waals surface area contributed by atoms with E-state index >= 15 is 0 Å². The van der Waals surface area contributed by atoms with Gasteiger partial charge in [-0.2, -0.15) is 0 Å². The first-order chi connectivity index (χ1) is 6.92. The molecule has 0 saturated heterocycles. The summed E-state index contributed by atoms with van der Waals surface area (Å²) in [6, 6.07) is 0. The van der Waals surface area contributed by atoms with Gasteiger partial charge in [-0.25, -0.2) is 4.79 Å². The van der Waals surface area contributed by atoms with Gasteiger partial charge in [0.25, 0.3) is 0 Å². The molecule has 0 aromatic heterocycles. The highest BCUT2D eigenvalue weighted by molar-refractivity contribution is 5.77. The maximum atomic E-state index is 11.3. The molecular formula is C12H22O3. The number of aliphatic carboxylic acids is 1. The normalized spacial score (nSPS) is 30.1. The summed E-state index contributed by atoms with van der Waals surface area (Å²) in [5.41, 5.74) is -0.831. The minimum Gasteiger partial charge on any atom is -0.479 e. The monoisotopic (exact) mass is 214 g/mol. The van der Waals surface area contributed by atoms with Gasteiger partial charge in [0.2, 0.25) is 0 Å². The molecule has 0 aliphatic heterocycles. The van der Waals surface area contributed by atoms with Crippen LogP contribution in [0.4, 0.5) is 0 Å². The fourth-order valence-corrected chi connectivity index (χ4v) is 2.47. The molecule has 1 rings (SSSR count). The second kappa shape index (κ2) is 4.52. The van der Waals surface area contributed by atoms with Gasteiger partial charge >= 0.3 is 5.97 Å². The Morgan fingerprint density at radius 3 is 2.53 bits per heavy atom. The van der Waals surface area contributed by atoms with Crippen molar-refractivity contribution in [1.82, 2.24) is 0 Å². The van der Waals surface area contributed by atoms with Gasteiger partial charge in [-0.05, 0) is 37.5 Å². The Kier molecular flexibility index (Phi) is 3.77. The highest BCUT2D eigenvalue weighted by Crippen LogP contribution is 2.43. The summed E-state index contributed by atoms with van der Waals surface area (Å²) in [6.07, 6.45) is 4.21. The van der Waals surface area contributed by atoms with Crippen LogP contribution in [0.1, 0.15) is 52.9 Å². The molecular weight excluding hydrogens is 192 g/mol. The van der Waals surface area contributed by atoms with E-state index in [4.69, 9.17) is 4.74 Å². The highest BCUT2D eigenvalue weighted by atomic mass is 16.5. The number of carboxylic acid groups (broad SMARTS) is 1. The third kappa shape index (κ3) is 2.94. The zero-order chi connectivity index (χ0) is 11.5. The van der Waals surface area contributed by atoms with Crippen LogP contribution in [0.15, 0.2) is 0 Å². The predicted octanol–water partition coefficient (Wildman–Crippen LogP) is 2.84. The van der Waals surface area contributed by atoms with Gasteiger partial charge in [0, 0.05) is 6.61 Å². The number of carboxylic acids is 1. The van der Waals surface area contributed by atoms with Crippen LogP contribution in [0, 0.1) is 5.41 Å². The van der Waals surface area contributed by atoms with Crippen molar-refractivity contribution in [2.24, 2.45) is 5.41 Å². The molecule has 3 heteroatoms. The summed E-state index contributed by atoms with van der Waals surface area (Å²) in [5.74, 6) is -0.788. The molecule has 0 aromatic rings. The summed E-state index contributed by atoms with van der Waals surface area (Å²) in [7, 11) is 0. The van der Waals surface area contributed by atoms with Gasteiger partial charge in [-0.1, -0.05) is 20.8 Å². The van der Waals surface area contributed by atoms with Crippen molar-refractivity contribution in [3.8, 4) is 0 Å². The van der Waals surface area contributed by atoms with Crippen LogP contribution in [0.3, 0.4) is 0 Å². The van der Waals surface area contributed by atoms with Crippen LogP contribution in [-0.4, -0.2) is 23.3 Å². The van der Waals surface area contributed by atoms with Gasteiger partial charge in [0.15, 0.2) is 5.60 Å². The molecule has 1 unspecified atom stereocenters. The lowest BCUT2D eigenvalue weighted by Crippen LogP contribution is -2.48. The Bertz CT molecular complexity index is 235. The van der Waals surface area contributed by atoms with Crippen molar-refractivity contribution in [1.29, 1.82) is 0 Å². The van der Waals surface area contributed by atoms with Gasteiger partial charge in [0.1, 0.15) is 0 Å². The lowest BCUT2D eigenvalue weighted by Gasteiger charge is -2.41. The van der Waals surface area contributed by atoms with Gasteiger partial charge in [0.05, 0.1) is 0 Å². The van der Waals surface area contributed by atoms with E-state index in [9.17, 15) is 9.90 Å². The van der Waals surface area contributed by atoms with Crippen molar-refractivity contribution in [3.05, 3.63) is 0 Å². The van der Waals surface area contributed by atoms with E-state index in [1.807, 2.05) is 6.92 Å². The molecule has 0 bridgehead atoms. The first kappa shape index (κ1) is 12.5. The molecule has 1 fully saturated rings. The van der Waals surface area contributed by atoms with Crippen molar-refractivity contribution >= 4 is 5.97 Å². The van der Waals surface area contributed by atoms with E-state index in [0.29, 0.717) is 19.4 Å². The van der Waals surface area contributed by atoms with Crippen LogP contribution in [0.2, 0.25) is 0 Å². The highest BCUT2D eigenvalue weighted by Gasteiger charge is 2.46.